The van der Waals surface area contributed by atoms with Crippen LogP contribution in [0.4, 0.5) is 0 Å². The molecular formula is C14H18N2O2. The quantitative estimate of drug-likeness (QED) is 0.874. The van der Waals surface area contributed by atoms with Crippen LogP contribution < -0.4 is 5.56 Å². The number of aliphatic hydroxyl groups is 1. The van der Waals surface area contributed by atoms with Crippen molar-refractivity contribution in [2.75, 3.05) is 0 Å². The van der Waals surface area contributed by atoms with Crippen LogP contribution in [0, 0.1) is 0 Å². The minimum atomic E-state index is -0.398. The molecule has 0 aliphatic rings. The summed E-state index contributed by atoms with van der Waals surface area (Å²) in [6.45, 7) is 3.31. The molecule has 1 N–H and O–H groups in total. The molecule has 0 saturated carbocycles. The van der Waals surface area contributed by atoms with Crippen molar-refractivity contribution in [3.8, 4) is 0 Å². The number of aromatic nitrogens is 2. The maximum absolute atomic E-state index is 11.5. The van der Waals surface area contributed by atoms with Gasteiger partial charge in [0.15, 0.2) is 0 Å². The van der Waals surface area contributed by atoms with Gasteiger partial charge in [-0.05, 0) is 24.1 Å². The molecule has 0 bridgehead atoms. The molecule has 4 nitrogen and oxygen atoms in total. The van der Waals surface area contributed by atoms with E-state index in [0.717, 1.165) is 12.1 Å². The standard InChI is InChI=1S/C14H18N2O2/c1-2-13(17)12-6-8-15(11-12)9-10-16-7-4-3-5-14(16)18/h3-8,11,13,17H,2,9-10H2,1H3. The lowest BCUT2D eigenvalue weighted by atomic mass is 10.1. The number of aliphatic hydroxyl groups excluding tert-OH is 1. The van der Waals surface area contributed by atoms with Crippen molar-refractivity contribution in [2.24, 2.45) is 0 Å². The van der Waals surface area contributed by atoms with Crippen LogP contribution in [0.15, 0.2) is 47.7 Å². The Labute approximate surface area is 106 Å². The predicted octanol–water partition coefficient (Wildman–Crippen LogP) is 1.79. The highest BCUT2D eigenvalue weighted by Crippen LogP contribution is 2.16. The molecule has 0 spiro atoms. The van der Waals surface area contributed by atoms with E-state index in [9.17, 15) is 9.90 Å². The van der Waals surface area contributed by atoms with Crippen LogP contribution in [0.5, 0.6) is 0 Å². The van der Waals surface area contributed by atoms with Crippen molar-refractivity contribution >= 4 is 0 Å². The molecule has 4 heteroatoms. The summed E-state index contributed by atoms with van der Waals surface area (Å²) in [7, 11) is 0. The van der Waals surface area contributed by atoms with Gasteiger partial charge in [-0.2, -0.15) is 0 Å². The Hall–Kier alpha value is -1.81. The van der Waals surface area contributed by atoms with E-state index < -0.39 is 6.10 Å². The van der Waals surface area contributed by atoms with Gasteiger partial charge in [0, 0.05) is 37.7 Å². The second kappa shape index (κ2) is 5.69. The van der Waals surface area contributed by atoms with Gasteiger partial charge in [-0.15, -0.1) is 0 Å². The molecule has 1 atom stereocenters. The Morgan fingerprint density at radius 3 is 2.78 bits per heavy atom. The molecule has 1 unspecified atom stereocenters. The summed E-state index contributed by atoms with van der Waals surface area (Å²) in [5, 5.41) is 9.70. The maximum Gasteiger partial charge on any atom is 0.250 e. The molecule has 18 heavy (non-hydrogen) atoms. The van der Waals surface area contributed by atoms with E-state index in [1.165, 1.54) is 0 Å². The number of aryl methyl sites for hydroxylation is 2. The van der Waals surface area contributed by atoms with Gasteiger partial charge in [0.1, 0.15) is 0 Å². The highest BCUT2D eigenvalue weighted by Gasteiger charge is 2.06. The van der Waals surface area contributed by atoms with Crippen LogP contribution in [-0.2, 0) is 13.1 Å². The molecule has 0 amide bonds. The summed E-state index contributed by atoms with van der Waals surface area (Å²) in [6.07, 6.45) is 5.96. The first-order chi connectivity index (χ1) is 8.70. The van der Waals surface area contributed by atoms with Gasteiger partial charge in [-0.1, -0.05) is 13.0 Å². The molecule has 0 radical (unpaired) electrons. The molecule has 2 heterocycles. The third-order valence-electron chi connectivity index (χ3n) is 3.04. The average molecular weight is 246 g/mol. The molecule has 0 saturated heterocycles. The predicted molar refractivity (Wildman–Crippen MR) is 70.4 cm³/mol. The summed E-state index contributed by atoms with van der Waals surface area (Å²) in [6, 6.07) is 7.07. The number of nitrogens with zero attached hydrogens (tertiary/aromatic N) is 2. The second-order valence-corrected chi connectivity index (χ2v) is 4.34. The Morgan fingerprint density at radius 2 is 2.06 bits per heavy atom. The van der Waals surface area contributed by atoms with Crippen molar-refractivity contribution in [3.05, 3.63) is 58.8 Å². The summed E-state index contributed by atoms with van der Waals surface area (Å²) in [5.41, 5.74) is 0.941. The van der Waals surface area contributed by atoms with E-state index in [4.69, 9.17) is 0 Å². The van der Waals surface area contributed by atoms with Crippen LogP contribution >= 0.6 is 0 Å². The first kappa shape index (κ1) is 12.6. The topological polar surface area (TPSA) is 47.2 Å². The minimum absolute atomic E-state index is 0.0125. The van der Waals surface area contributed by atoms with Gasteiger partial charge < -0.3 is 14.2 Å². The van der Waals surface area contributed by atoms with E-state index >= 15 is 0 Å². The van der Waals surface area contributed by atoms with Crippen LogP contribution in [0.1, 0.15) is 25.0 Å². The fourth-order valence-electron chi connectivity index (χ4n) is 1.90. The lowest BCUT2D eigenvalue weighted by Crippen LogP contribution is -2.20. The Morgan fingerprint density at radius 1 is 1.22 bits per heavy atom. The molecule has 2 rings (SSSR count). The SMILES string of the molecule is CCC(O)c1ccn(CCn2ccccc2=O)c1. The Bertz CT molecular complexity index is 557. The molecule has 0 aliphatic carbocycles. The van der Waals surface area contributed by atoms with Gasteiger partial charge in [-0.3, -0.25) is 4.79 Å². The van der Waals surface area contributed by atoms with Crippen molar-refractivity contribution in [2.45, 2.75) is 32.5 Å². The zero-order valence-corrected chi connectivity index (χ0v) is 10.5. The van der Waals surface area contributed by atoms with Crippen LogP contribution in [0.3, 0.4) is 0 Å². The highest BCUT2D eigenvalue weighted by atomic mass is 16.3. The summed E-state index contributed by atoms with van der Waals surface area (Å²) < 4.78 is 3.67. The molecular weight excluding hydrogens is 228 g/mol. The van der Waals surface area contributed by atoms with E-state index in [1.807, 2.05) is 36.0 Å². The second-order valence-electron chi connectivity index (χ2n) is 4.34. The third kappa shape index (κ3) is 2.90. The number of pyridine rings is 1. The molecule has 2 aromatic heterocycles. The smallest absolute Gasteiger partial charge is 0.250 e. The number of rotatable bonds is 5. The van der Waals surface area contributed by atoms with Crippen molar-refractivity contribution in [3.63, 3.8) is 0 Å². The summed E-state index contributed by atoms with van der Waals surface area (Å²) in [5.74, 6) is 0. The third-order valence-corrected chi connectivity index (χ3v) is 3.04. The Kier molecular flexibility index (Phi) is 3.99. The maximum atomic E-state index is 11.5. The van der Waals surface area contributed by atoms with E-state index in [0.29, 0.717) is 13.0 Å². The molecule has 2 aromatic rings. The van der Waals surface area contributed by atoms with Crippen LogP contribution in [0.25, 0.3) is 0 Å². The average Bonchev–Trinajstić information content (AvgIpc) is 2.86. The lowest BCUT2D eigenvalue weighted by molar-refractivity contribution is 0.173. The minimum Gasteiger partial charge on any atom is -0.388 e. The van der Waals surface area contributed by atoms with Gasteiger partial charge in [0.05, 0.1) is 6.10 Å². The molecule has 0 aromatic carbocycles. The van der Waals surface area contributed by atoms with Crippen molar-refractivity contribution < 1.29 is 5.11 Å². The zero-order chi connectivity index (χ0) is 13.0. The largest absolute Gasteiger partial charge is 0.388 e. The van der Waals surface area contributed by atoms with Crippen molar-refractivity contribution in [1.82, 2.24) is 9.13 Å². The molecule has 0 fully saturated rings. The van der Waals surface area contributed by atoms with Gasteiger partial charge in [-0.25, -0.2) is 0 Å². The van der Waals surface area contributed by atoms with Gasteiger partial charge in [0.2, 0.25) is 0 Å². The van der Waals surface area contributed by atoms with Crippen LogP contribution in [-0.4, -0.2) is 14.2 Å². The summed E-state index contributed by atoms with van der Waals surface area (Å²) >= 11 is 0. The monoisotopic (exact) mass is 246 g/mol. The van der Waals surface area contributed by atoms with Crippen molar-refractivity contribution in [1.29, 1.82) is 0 Å². The first-order valence-corrected chi connectivity index (χ1v) is 6.20. The van der Waals surface area contributed by atoms with Gasteiger partial charge >= 0.3 is 0 Å². The molecule has 0 aliphatic heterocycles. The summed E-state index contributed by atoms with van der Waals surface area (Å²) in [4.78, 5) is 11.5. The first-order valence-electron chi connectivity index (χ1n) is 6.20. The van der Waals surface area contributed by atoms with Gasteiger partial charge in [0.25, 0.3) is 5.56 Å². The fraction of sp³-hybridized carbons (Fsp3) is 0.357. The lowest BCUT2D eigenvalue weighted by Gasteiger charge is -2.07. The van der Waals surface area contributed by atoms with E-state index in [1.54, 1.807) is 22.9 Å². The van der Waals surface area contributed by atoms with E-state index in [2.05, 4.69) is 0 Å². The van der Waals surface area contributed by atoms with E-state index in [-0.39, 0.29) is 5.56 Å². The zero-order valence-electron chi connectivity index (χ0n) is 10.5. The Balaban J connectivity index is 2.01. The number of hydrogen-bond donors (Lipinski definition) is 1. The highest BCUT2D eigenvalue weighted by molar-refractivity contribution is 5.13. The normalized spacial score (nSPS) is 12.6. The number of hydrogen-bond acceptors (Lipinski definition) is 2. The molecule has 96 valence electrons. The van der Waals surface area contributed by atoms with Crippen LogP contribution in [0.2, 0.25) is 0 Å². The fourth-order valence-corrected chi connectivity index (χ4v) is 1.90.